The van der Waals surface area contributed by atoms with Gasteiger partial charge < -0.3 is 9.80 Å². The Morgan fingerprint density at radius 1 is 1.04 bits per heavy atom. The standard InChI is InChI=1S/C23H30N2O/c26-23(19-7-8-19)25-15-20-9-10-21(22(20)16-25)18-5-3-17(4-6-18)11-14-24-12-1-2-13-24/h3-6,9,19,21-22H,1-2,7-8,10-16H2. The predicted molar refractivity (Wildman–Crippen MR) is 104 cm³/mol. The van der Waals surface area contributed by atoms with Crippen LogP contribution in [-0.2, 0) is 11.2 Å². The van der Waals surface area contributed by atoms with E-state index < -0.39 is 0 Å². The molecule has 0 N–H and O–H groups in total. The van der Waals surface area contributed by atoms with E-state index >= 15 is 0 Å². The van der Waals surface area contributed by atoms with Gasteiger partial charge in [-0.3, -0.25) is 4.79 Å². The van der Waals surface area contributed by atoms with Gasteiger partial charge in [-0.2, -0.15) is 0 Å². The third kappa shape index (κ3) is 3.22. The van der Waals surface area contributed by atoms with E-state index in [-0.39, 0.29) is 0 Å². The highest BCUT2D eigenvalue weighted by molar-refractivity contribution is 5.82. The van der Waals surface area contributed by atoms with E-state index in [1.54, 1.807) is 0 Å². The maximum Gasteiger partial charge on any atom is 0.225 e. The van der Waals surface area contributed by atoms with Crippen LogP contribution in [0.2, 0.25) is 0 Å². The zero-order chi connectivity index (χ0) is 17.5. The summed E-state index contributed by atoms with van der Waals surface area (Å²) in [7, 11) is 0. The highest BCUT2D eigenvalue weighted by Crippen LogP contribution is 2.45. The molecule has 1 aromatic carbocycles. The zero-order valence-corrected chi connectivity index (χ0v) is 15.7. The van der Waals surface area contributed by atoms with Gasteiger partial charge in [0.15, 0.2) is 0 Å². The Kier molecular flexibility index (Phi) is 4.36. The largest absolute Gasteiger partial charge is 0.338 e. The SMILES string of the molecule is O=C(C1CC1)N1CC2=CCC(c3ccc(CCN4CCCC4)cc3)C2C1. The lowest BCUT2D eigenvalue weighted by molar-refractivity contribution is -0.131. The van der Waals surface area contributed by atoms with Gasteiger partial charge in [-0.05, 0) is 74.2 Å². The van der Waals surface area contributed by atoms with Crippen LogP contribution in [-0.4, -0.2) is 48.4 Å². The van der Waals surface area contributed by atoms with E-state index in [0.717, 1.165) is 32.4 Å². The molecule has 1 saturated carbocycles. The summed E-state index contributed by atoms with van der Waals surface area (Å²) >= 11 is 0. The zero-order valence-electron chi connectivity index (χ0n) is 15.7. The Morgan fingerprint density at radius 2 is 1.81 bits per heavy atom. The molecule has 2 saturated heterocycles. The van der Waals surface area contributed by atoms with Crippen LogP contribution in [0.3, 0.4) is 0 Å². The molecule has 0 radical (unpaired) electrons. The normalized spacial score (nSPS) is 28.5. The second kappa shape index (κ2) is 6.84. The number of rotatable bonds is 5. The average molecular weight is 351 g/mol. The molecule has 3 heteroatoms. The summed E-state index contributed by atoms with van der Waals surface area (Å²) in [4.78, 5) is 17.1. The van der Waals surface area contributed by atoms with Crippen molar-refractivity contribution in [1.82, 2.24) is 9.80 Å². The number of hydrogen-bond donors (Lipinski definition) is 0. The first-order chi connectivity index (χ1) is 12.8. The van der Waals surface area contributed by atoms with Crippen LogP contribution >= 0.6 is 0 Å². The first kappa shape index (κ1) is 16.6. The summed E-state index contributed by atoms with van der Waals surface area (Å²) in [6.07, 6.45) is 9.70. The van der Waals surface area contributed by atoms with Crippen molar-refractivity contribution in [3.8, 4) is 0 Å². The van der Waals surface area contributed by atoms with Gasteiger partial charge in [-0.25, -0.2) is 0 Å². The molecule has 3 fully saturated rings. The fourth-order valence-electron chi connectivity index (χ4n) is 5.15. The minimum Gasteiger partial charge on any atom is -0.338 e. The first-order valence-electron chi connectivity index (χ1n) is 10.6. The number of carbonyl (C=O) groups excluding carboxylic acids is 1. The van der Waals surface area contributed by atoms with Gasteiger partial charge in [-0.15, -0.1) is 0 Å². The summed E-state index contributed by atoms with van der Waals surface area (Å²) < 4.78 is 0. The summed E-state index contributed by atoms with van der Waals surface area (Å²) in [5.74, 6) is 1.90. The Balaban J connectivity index is 1.21. The molecule has 0 spiro atoms. The number of nitrogens with zero attached hydrogens (tertiary/aromatic N) is 2. The lowest BCUT2D eigenvalue weighted by atomic mass is 9.86. The lowest BCUT2D eigenvalue weighted by Gasteiger charge is -2.21. The van der Waals surface area contributed by atoms with Crippen LogP contribution in [0, 0.1) is 11.8 Å². The van der Waals surface area contributed by atoms with Gasteiger partial charge >= 0.3 is 0 Å². The highest BCUT2D eigenvalue weighted by atomic mass is 16.2. The van der Waals surface area contributed by atoms with E-state index in [1.165, 1.54) is 55.6 Å². The molecule has 138 valence electrons. The molecular formula is C23H30N2O. The van der Waals surface area contributed by atoms with Crippen molar-refractivity contribution in [2.45, 2.75) is 44.4 Å². The van der Waals surface area contributed by atoms with Crippen molar-refractivity contribution >= 4 is 5.91 Å². The van der Waals surface area contributed by atoms with Crippen molar-refractivity contribution in [3.05, 3.63) is 47.0 Å². The minimum absolute atomic E-state index is 0.350. The van der Waals surface area contributed by atoms with Gasteiger partial charge in [0.05, 0.1) is 0 Å². The Hall–Kier alpha value is -1.61. The second-order valence-corrected chi connectivity index (χ2v) is 8.76. The summed E-state index contributed by atoms with van der Waals surface area (Å²) in [6.45, 7) is 5.61. The Labute approximate surface area is 157 Å². The van der Waals surface area contributed by atoms with Gasteiger partial charge in [0.25, 0.3) is 0 Å². The molecule has 26 heavy (non-hydrogen) atoms. The van der Waals surface area contributed by atoms with Gasteiger partial charge in [0.2, 0.25) is 5.91 Å². The van der Waals surface area contributed by atoms with Crippen LogP contribution < -0.4 is 0 Å². The molecular weight excluding hydrogens is 320 g/mol. The topological polar surface area (TPSA) is 23.6 Å². The second-order valence-electron chi connectivity index (χ2n) is 8.76. The molecule has 2 unspecified atom stereocenters. The lowest BCUT2D eigenvalue weighted by Crippen LogP contribution is -2.30. The van der Waals surface area contributed by atoms with Crippen LogP contribution in [0.1, 0.15) is 49.1 Å². The molecule has 3 nitrogen and oxygen atoms in total. The van der Waals surface area contributed by atoms with Crippen LogP contribution in [0.15, 0.2) is 35.9 Å². The molecule has 2 heterocycles. The molecule has 2 atom stereocenters. The van der Waals surface area contributed by atoms with Crippen LogP contribution in [0.4, 0.5) is 0 Å². The molecule has 0 bridgehead atoms. The number of fused-ring (bicyclic) bond motifs is 1. The molecule has 4 aliphatic rings. The van der Waals surface area contributed by atoms with E-state index in [4.69, 9.17) is 0 Å². The van der Waals surface area contributed by atoms with E-state index in [2.05, 4.69) is 40.1 Å². The first-order valence-corrected chi connectivity index (χ1v) is 10.6. The Morgan fingerprint density at radius 3 is 2.54 bits per heavy atom. The monoisotopic (exact) mass is 350 g/mol. The summed E-state index contributed by atoms with van der Waals surface area (Å²) in [5, 5.41) is 0. The maximum absolute atomic E-state index is 12.4. The fourth-order valence-corrected chi connectivity index (χ4v) is 5.15. The van der Waals surface area contributed by atoms with Gasteiger partial charge in [-0.1, -0.05) is 30.3 Å². The van der Waals surface area contributed by atoms with Crippen molar-refractivity contribution in [2.75, 3.05) is 32.7 Å². The van der Waals surface area contributed by atoms with E-state index in [0.29, 0.717) is 23.7 Å². The maximum atomic E-state index is 12.4. The number of amides is 1. The molecule has 1 amide bonds. The summed E-state index contributed by atoms with van der Waals surface area (Å²) in [6, 6.07) is 9.38. The molecule has 0 aromatic heterocycles. The Bertz CT molecular complexity index is 697. The number of carbonyl (C=O) groups is 1. The average Bonchev–Trinajstić information content (AvgIpc) is 3.06. The number of allylic oxidation sites excluding steroid dienone is 1. The van der Waals surface area contributed by atoms with Crippen molar-refractivity contribution in [3.63, 3.8) is 0 Å². The molecule has 2 aliphatic carbocycles. The van der Waals surface area contributed by atoms with Crippen molar-refractivity contribution in [1.29, 1.82) is 0 Å². The minimum atomic E-state index is 0.350. The third-order valence-corrected chi connectivity index (χ3v) is 6.95. The number of benzene rings is 1. The highest BCUT2D eigenvalue weighted by Gasteiger charge is 2.42. The van der Waals surface area contributed by atoms with Gasteiger partial charge in [0.1, 0.15) is 0 Å². The molecule has 5 rings (SSSR count). The predicted octanol–water partition coefficient (Wildman–Crippen LogP) is 3.61. The summed E-state index contributed by atoms with van der Waals surface area (Å²) in [5.41, 5.74) is 4.44. The smallest absolute Gasteiger partial charge is 0.225 e. The van der Waals surface area contributed by atoms with Gasteiger partial charge in [0, 0.05) is 31.5 Å². The molecule has 1 aromatic rings. The number of hydrogen-bond acceptors (Lipinski definition) is 2. The van der Waals surface area contributed by atoms with E-state index in [9.17, 15) is 4.79 Å². The molecule has 2 aliphatic heterocycles. The van der Waals surface area contributed by atoms with E-state index in [1.807, 2.05) is 0 Å². The van der Waals surface area contributed by atoms with Crippen molar-refractivity contribution < 1.29 is 4.79 Å². The third-order valence-electron chi connectivity index (χ3n) is 6.95. The number of likely N-dealkylation sites (tertiary alicyclic amines) is 2. The fraction of sp³-hybridized carbons (Fsp3) is 0.609. The van der Waals surface area contributed by atoms with Crippen molar-refractivity contribution in [2.24, 2.45) is 11.8 Å². The quantitative estimate of drug-likeness (QED) is 0.758. The van der Waals surface area contributed by atoms with Crippen LogP contribution in [0.25, 0.3) is 0 Å². The van der Waals surface area contributed by atoms with Crippen LogP contribution in [0.5, 0.6) is 0 Å².